The predicted octanol–water partition coefficient (Wildman–Crippen LogP) is 4.02. The maximum atomic E-state index is 15.0. The predicted molar refractivity (Wildman–Crippen MR) is 110 cm³/mol. The number of unbranched alkanes of at least 4 members (excludes halogenated alkanes) is 2. The molecule has 2 bridgehead atoms. The van der Waals surface area contributed by atoms with Crippen LogP contribution in [-0.2, 0) is 12.1 Å². The Hall–Kier alpha value is -1.86. The van der Waals surface area contributed by atoms with Gasteiger partial charge in [-0.2, -0.15) is 5.10 Å². The highest BCUT2D eigenvalue weighted by molar-refractivity contribution is 5.26. The van der Waals surface area contributed by atoms with Crippen molar-refractivity contribution in [2.75, 3.05) is 13.1 Å². The first-order valence-corrected chi connectivity index (χ1v) is 11.3. The molecule has 7 heteroatoms. The molecule has 1 aromatic carbocycles. The van der Waals surface area contributed by atoms with Gasteiger partial charge in [0.1, 0.15) is 30.3 Å². The summed E-state index contributed by atoms with van der Waals surface area (Å²) in [5.74, 6) is -0.669. The summed E-state index contributed by atoms with van der Waals surface area (Å²) in [6, 6.07) is 3.74. The minimum Gasteiger partial charge on any atom is -0.377 e. The number of benzene rings is 1. The van der Waals surface area contributed by atoms with E-state index in [1.165, 1.54) is 44.0 Å². The highest BCUT2D eigenvalue weighted by Gasteiger charge is 2.61. The Morgan fingerprint density at radius 2 is 2.03 bits per heavy atom. The molecule has 2 fully saturated rings. The van der Waals surface area contributed by atoms with Crippen molar-refractivity contribution >= 4 is 0 Å². The number of halogens is 2. The number of fused-ring (bicyclic) bond motifs is 2. The first-order chi connectivity index (χ1) is 14.4. The van der Waals surface area contributed by atoms with Crippen LogP contribution in [0.3, 0.4) is 0 Å². The average molecular weight is 420 g/mol. The van der Waals surface area contributed by atoms with Gasteiger partial charge >= 0.3 is 0 Å². The van der Waals surface area contributed by atoms with Crippen molar-refractivity contribution in [2.24, 2.45) is 5.92 Å². The topological polar surface area (TPSA) is 50.9 Å². The lowest BCUT2D eigenvalue weighted by Crippen LogP contribution is -2.64. The van der Waals surface area contributed by atoms with Crippen molar-refractivity contribution in [2.45, 2.75) is 76.6 Å². The molecule has 2 aromatic rings. The van der Waals surface area contributed by atoms with Gasteiger partial charge in [-0.25, -0.2) is 18.4 Å². The van der Waals surface area contributed by atoms with Gasteiger partial charge in [0.05, 0.1) is 25.7 Å². The summed E-state index contributed by atoms with van der Waals surface area (Å²) in [6.07, 6.45) is 10.0. The second kappa shape index (κ2) is 8.35. The van der Waals surface area contributed by atoms with Crippen molar-refractivity contribution < 1.29 is 18.4 Å². The quantitative estimate of drug-likeness (QED) is 0.493. The molecule has 2 saturated heterocycles. The van der Waals surface area contributed by atoms with Crippen LogP contribution in [0, 0.1) is 17.6 Å². The molecule has 3 atom stereocenters. The lowest BCUT2D eigenvalue weighted by Gasteiger charge is -2.49. The van der Waals surface area contributed by atoms with Crippen LogP contribution in [0.15, 0.2) is 30.9 Å². The van der Waals surface area contributed by atoms with Gasteiger partial charge in [-0.3, -0.25) is 0 Å². The van der Waals surface area contributed by atoms with E-state index in [9.17, 15) is 13.9 Å². The Morgan fingerprint density at radius 1 is 1.27 bits per heavy atom. The summed E-state index contributed by atoms with van der Waals surface area (Å²) in [6.45, 7) is 6.35. The Bertz CT molecular complexity index is 851. The molecule has 1 unspecified atom stereocenters. The van der Waals surface area contributed by atoms with E-state index in [0.717, 1.165) is 42.9 Å². The number of hydrogen-bond donors (Lipinski definition) is 1. The lowest BCUT2D eigenvalue weighted by atomic mass is 9.83. The molecule has 1 aromatic heterocycles. The summed E-state index contributed by atoms with van der Waals surface area (Å²) < 4.78 is 31.0. The fourth-order valence-electron chi connectivity index (χ4n) is 6.25. The molecule has 1 N–H and O–H groups in total. The summed E-state index contributed by atoms with van der Waals surface area (Å²) in [4.78, 5) is 3.99. The van der Waals surface area contributed by atoms with Crippen molar-refractivity contribution in [3.05, 3.63) is 48.1 Å². The number of aromatic nitrogens is 3. The van der Waals surface area contributed by atoms with Crippen LogP contribution in [0.25, 0.3) is 0 Å². The third kappa shape index (κ3) is 3.56. The van der Waals surface area contributed by atoms with Crippen LogP contribution in [0.5, 0.6) is 0 Å². The number of aliphatic hydroxyl groups is 1. The van der Waals surface area contributed by atoms with E-state index in [0.29, 0.717) is 12.0 Å². The third-order valence-corrected chi connectivity index (χ3v) is 7.87. The van der Waals surface area contributed by atoms with Crippen molar-refractivity contribution in [3.8, 4) is 0 Å². The van der Waals surface area contributed by atoms with Crippen LogP contribution in [0.2, 0.25) is 0 Å². The molecule has 2 aliphatic rings. The monoisotopic (exact) mass is 419 g/mol. The van der Waals surface area contributed by atoms with Crippen molar-refractivity contribution in [1.82, 2.24) is 14.8 Å². The summed E-state index contributed by atoms with van der Waals surface area (Å²) >= 11 is 0. The zero-order chi connectivity index (χ0) is 21.4. The molecule has 0 radical (unpaired) electrons. The second-order valence-corrected chi connectivity index (χ2v) is 9.27. The Labute approximate surface area is 177 Å². The fraction of sp³-hybridized carbons (Fsp3) is 0.652. The van der Waals surface area contributed by atoms with E-state index < -0.39 is 17.2 Å². The standard InChI is InChI=1S/C23H33F2N4O/c1-3-4-5-6-22-18-9-11-29(22,12-10-18)17(2)23(30,14-28-16-26-15-27-28)20-8-7-19(24)13-21(20)25/h7-8,13,15-18,22,30H,3-6,9-12,14H2,1-2H3/q+1/t17-,18?,22?,23-,29?/m0/s1. The maximum absolute atomic E-state index is 15.0. The smallest absolute Gasteiger partial charge is 0.163 e. The van der Waals surface area contributed by atoms with Gasteiger partial charge < -0.3 is 9.59 Å². The van der Waals surface area contributed by atoms with Gasteiger partial charge in [0.2, 0.25) is 0 Å². The highest BCUT2D eigenvalue weighted by atomic mass is 19.1. The molecule has 5 nitrogen and oxygen atoms in total. The van der Waals surface area contributed by atoms with Crippen LogP contribution in [0.1, 0.15) is 57.9 Å². The SMILES string of the molecule is CCCCCC1C2CC[N+]1([C@@H](C)[C@@](O)(Cn1cncn1)c1ccc(F)cc1F)CC2. The molecular formula is C23H33F2N4O+. The summed E-state index contributed by atoms with van der Waals surface area (Å²) in [5, 5.41) is 16.3. The minimum absolute atomic E-state index is 0.0864. The largest absolute Gasteiger partial charge is 0.377 e. The molecule has 0 saturated carbocycles. The number of quaternary nitrogens is 1. The molecule has 0 aliphatic carbocycles. The van der Waals surface area contributed by atoms with E-state index in [-0.39, 0.29) is 18.2 Å². The molecule has 164 valence electrons. The van der Waals surface area contributed by atoms with Crippen molar-refractivity contribution in [1.29, 1.82) is 0 Å². The normalized spacial score (nSPS) is 28.6. The molecule has 3 heterocycles. The number of hydrogen-bond acceptors (Lipinski definition) is 3. The molecule has 0 spiro atoms. The second-order valence-electron chi connectivity index (χ2n) is 9.27. The Kier molecular flexibility index (Phi) is 5.95. The minimum atomic E-state index is -1.52. The van der Waals surface area contributed by atoms with Gasteiger partial charge in [-0.1, -0.05) is 19.8 Å². The van der Waals surface area contributed by atoms with Crippen LogP contribution < -0.4 is 0 Å². The molecule has 0 amide bonds. The highest BCUT2D eigenvalue weighted by Crippen LogP contribution is 2.50. The molecule has 30 heavy (non-hydrogen) atoms. The number of rotatable bonds is 9. The number of piperidine rings is 1. The summed E-state index contributed by atoms with van der Waals surface area (Å²) in [7, 11) is 0. The van der Waals surface area contributed by atoms with Gasteiger partial charge in [-0.15, -0.1) is 0 Å². The van der Waals surface area contributed by atoms with Gasteiger partial charge in [-0.05, 0) is 31.9 Å². The molecule has 2 aliphatic heterocycles. The van der Waals surface area contributed by atoms with E-state index in [2.05, 4.69) is 17.0 Å². The van der Waals surface area contributed by atoms with Gasteiger partial charge in [0, 0.05) is 30.4 Å². The van der Waals surface area contributed by atoms with Gasteiger partial charge in [0.15, 0.2) is 5.60 Å². The van der Waals surface area contributed by atoms with Crippen LogP contribution >= 0.6 is 0 Å². The van der Waals surface area contributed by atoms with E-state index in [1.54, 1.807) is 4.68 Å². The zero-order valence-electron chi connectivity index (χ0n) is 18.0. The molecular weight excluding hydrogens is 386 g/mol. The third-order valence-electron chi connectivity index (χ3n) is 7.87. The average Bonchev–Trinajstić information content (AvgIpc) is 3.44. The summed E-state index contributed by atoms with van der Waals surface area (Å²) in [5.41, 5.74) is -1.38. The maximum Gasteiger partial charge on any atom is 0.163 e. The fourth-order valence-corrected chi connectivity index (χ4v) is 6.25. The Balaban J connectivity index is 1.72. The Morgan fingerprint density at radius 3 is 2.67 bits per heavy atom. The van der Waals surface area contributed by atoms with E-state index >= 15 is 0 Å². The lowest BCUT2D eigenvalue weighted by molar-refractivity contribution is -0.960. The van der Waals surface area contributed by atoms with E-state index in [1.807, 2.05) is 6.92 Å². The zero-order valence-corrected chi connectivity index (χ0v) is 18.0. The number of nitrogens with zero attached hydrogens (tertiary/aromatic N) is 4. The van der Waals surface area contributed by atoms with Crippen LogP contribution in [0.4, 0.5) is 8.78 Å². The van der Waals surface area contributed by atoms with E-state index in [4.69, 9.17) is 0 Å². The molecule has 4 rings (SSSR count). The van der Waals surface area contributed by atoms with Crippen molar-refractivity contribution in [3.63, 3.8) is 0 Å². The van der Waals surface area contributed by atoms with Crippen LogP contribution in [-0.4, -0.2) is 49.5 Å². The van der Waals surface area contributed by atoms with Gasteiger partial charge in [0.25, 0.3) is 0 Å². The first kappa shape index (κ1) is 21.4. The first-order valence-electron chi connectivity index (χ1n) is 11.3.